The monoisotopic (exact) mass is 294 g/mol. The summed E-state index contributed by atoms with van der Waals surface area (Å²) in [6, 6.07) is 5.60. The lowest BCUT2D eigenvalue weighted by Crippen LogP contribution is -2.34. The van der Waals surface area contributed by atoms with E-state index in [1.54, 1.807) is 14.0 Å². The van der Waals surface area contributed by atoms with E-state index in [4.69, 9.17) is 9.47 Å². The molecule has 0 aliphatic heterocycles. The number of ether oxygens (including phenoxy) is 2. The van der Waals surface area contributed by atoms with Crippen LogP contribution in [0.3, 0.4) is 0 Å². The fourth-order valence-corrected chi connectivity index (χ4v) is 2.78. The Morgan fingerprint density at radius 1 is 1.38 bits per heavy atom. The zero-order chi connectivity index (χ0) is 15.9. The van der Waals surface area contributed by atoms with Gasteiger partial charge in [-0.2, -0.15) is 0 Å². The quantitative estimate of drug-likeness (QED) is 0.866. The molecule has 2 rings (SSSR count). The van der Waals surface area contributed by atoms with Crippen molar-refractivity contribution in [3.8, 4) is 5.75 Å². The van der Waals surface area contributed by atoms with Crippen LogP contribution in [0, 0.1) is 0 Å². The first-order chi connectivity index (χ1) is 10.1. The highest BCUT2D eigenvalue weighted by Gasteiger charge is 2.38. The lowest BCUT2D eigenvalue weighted by atomic mass is 9.77. The van der Waals surface area contributed by atoms with Gasteiger partial charge in [-0.15, -0.1) is 0 Å². The standard InChI is InChI=1S/C15H20O4.C2H6/c1-3-19-14(16)10-15(17)9-5-6-11-12(15)7-4-8-13(11)18-2;1-2/h4,7-8,17H,3,5-6,9-10H2,1-2H3;1-2H3. The molecule has 1 aliphatic rings. The molecule has 0 radical (unpaired) electrons. The normalized spacial score (nSPS) is 19.9. The van der Waals surface area contributed by atoms with Gasteiger partial charge >= 0.3 is 5.97 Å². The highest BCUT2D eigenvalue weighted by Crippen LogP contribution is 2.41. The van der Waals surface area contributed by atoms with Crippen molar-refractivity contribution in [2.24, 2.45) is 0 Å². The Morgan fingerprint density at radius 3 is 2.71 bits per heavy atom. The molecule has 0 heterocycles. The van der Waals surface area contributed by atoms with Crippen LogP contribution in [0.5, 0.6) is 5.75 Å². The number of fused-ring (bicyclic) bond motifs is 1. The fraction of sp³-hybridized carbons (Fsp3) is 0.588. The maximum Gasteiger partial charge on any atom is 0.309 e. The Kier molecular flexibility index (Phi) is 6.69. The predicted molar refractivity (Wildman–Crippen MR) is 82.4 cm³/mol. The van der Waals surface area contributed by atoms with Gasteiger partial charge in [0.25, 0.3) is 0 Å². The van der Waals surface area contributed by atoms with Gasteiger partial charge in [0.05, 0.1) is 20.1 Å². The summed E-state index contributed by atoms with van der Waals surface area (Å²) in [5.74, 6) is 0.417. The molecule has 1 aromatic carbocycles. The van der Waals surface area contributed by atoms with Crippen molar-refractivity contribution in [1.29, 1.82) is 0 Å². The number of hydrogen-bond acceptors (Lipinski definition) is 4. The first-order valence-corrected chi connectivity index (χ1v) is 7.65. The molecular weight excluding hydrogens is 268 g/mol. The van der Waals surface area contributed by atoms with Crippen molar-refractivity contribution in [3.63, 3.8) is 0 Å². The topological polar surface area (TPSA) is 55.8 Å². The lowest BCUT2D eigenvalue weighted by molar-refractivity contribution is -0.149. The molecule has 4 nitrogen and oxygen atoms in total. The molecule has 0 saturated carbocycles. The summed E-state index contributed by atoms with van der Waals surface area (Å²) < 4.78 is 10.3. The molecule has 0 fully saturated rings. The Balaban J connectivity index is 0.00000106. The maximum absolute atomic E-state index is 11.7. The van der Waals surface area contributed by atoms with Crippen LogP contribution in [-0.4, -0.2) is 24.8 Å². The number of rotatable bonds is 4. The van der Waals surface area contributed by atoms with Gasteiger partial charge < -0.3 is 14.6 Å². The molecule has 1 N–H and O–H groups in total. The summed E-state index contributed by atoms with van der Waals surface area (Å²) in [5, 5.41) is 10.8. The number of aliphatic hydroxyl groups is 1. The molecule has 0 spiro atoms. The minimum absolute atomic E-state index is 0.001000. The number of esters is 1. The van der Waals surface area contributed by atoms with Crippen LogP contribution < -0.4 is 4.74 Å². The second-order valence-corrected chi connectivity index (χ2v) is 4.85. The van der Waals surface area contributed by atoms with Gasteiger partial charge in [-0.25, -0.2) is 0 Å². The third-order valence-electron chi connectivity index (χ3n) is 3.61. The van der Waals surface area contributed by atoms with Gasteiger partial charge in [0, 0.05) is 5.56 Å². The first-order valence-electron chi connectivity index (χ1n) is 7.65. The van der Waals surface area contributed by atoms with Gasteiger partial charge in [0.1, 0.15) is 11.4 Å². The Labute approximate surface area is 127 Å². The average Bonchev–Trinajstić information content (AvgIpc) is 2.49. The molecule has 0 aromatic heterocycles. The van der Waals surface area contributed by atoms with Crippen LogP contribution >= 0.6 is 0 Å². The zero-order valence-electron chi connectivity index (χ0n) is 13.4. The smallest absolute Gasteiger partial charge is 0.309 e. The average molecular weight is 294 g/mol. The highest BCUT2D eigenvalue weighted by molar-refractivity contribution is 5.71. The maximum atomic E-state index is 11.7. The third-order valence-corrected chi connectivity index (χ3v) is 3.61. The van der Waals surface area contributed by atoms with Crippen molar-refractivity contribution in [1.82, 2.24) is 0 Å². The summed E-state index contributed by atoms with van der Waals surface area (Å²) in [4.78, 5) is 11.7. The van der Waals surface area contributed by atoms with Crippen LogP contribution in [-0.2, 0) is 21.6 Å². The largest absolute Gasteiger partial charge is 0.496 e. The van der Waals surface area contributed by atoms with Crippen LogP contribution in [0.1, 0.15) is 51.2 Å². The predicted octanol–water partition coefficient (Wildman–Crippen LogP) is 3.20. The Bertz CT molecular complexity index is 470. The molecule has 1 unspecified atom stereocenters. The molecule has 0 bridgehead atoms. The van der Waals surface area contributed by atoms with E-state index in [2.05, 4.69) is 0 Å². The fourth-order valence-electron chi connectivity index (χ4n) is 2.78. The van der Waals surface area contributed by atoms with Crippen LogP contribution in [0.2, 0.25) is 0 Å². The number of methoxy groups -OCH3 is 1. The van der Waals surface area contributed by atoms with E-state index in [0.717, 1.165) is 29.7 Å². The number of benzene rings is 1. The van der Waals surface area contributed by atoms with Crippen molar-refractivity contribution in [2.45, 2.75) is 52.1 Å². The number of carbonyl (C=O) groups excluding carboxylic acids is 1. The summed E-state index contributed by atoms with van der Waals surface area (Å²) in [7, 11) is 1.62. The molecule has 118 valence electrons. The minimum atomic E-state index is -1.13. The Hall–Kier alpha value is -1.55. The van der Waals surface area contributed by atoms with E-state index < -0.39 is 5.60 Å². The number of carbonyl (C=O) groups is 1. The van der Waals surface area contributed by atoms with Crippen LogP contribution in [0.4, 0.5) is 0 Å². The SMILES string of the molecule is CC.CCOC(=O)CC1(O)CCCc2c(OC)cccc21. The van der Waals surface area contributed by atoms with Gasteiger partial charge in [-0.05, 0) is 37.8 Å². The molecular formula is C17H26O4. The van der Waals surface area contributed by atoms with Gasteiger partial charge in [0.15, 0.2) is 0 Å². The van der Waals surface area contributed by atoms with Crippen molar-refractivity contribution in [3.05, 3.63) is 29.3 Å². The zero-order valence-corrected chi connectivity index (χ0v) is 13.4. The molecule has 1 aliphatic carbocycles. The molecule has 21 heavy (non-hydrogen) atoms. The summed E-state index contributed by atoms with van der Waals surface area (Å²) >= 11 is 0. The highest BCUT2D eigenvalue weighted by atomic mass is 16.5. The second kappa shape index (κ2) is 8.03. The van der Waals surface area contributed by atoms with Crippen molar-refractivity contribution < 1.29 is 19.4 Å². The summed E-state index contributed by atoms with van der Waals surface area (Å²) in [5.41, 5.74) is 0.670. The number of hydrogen-bond donors (Lipinski definition) is 1. The first kappa shape index (κ1) is 17.5. The van der Waals surface area contributed by atoms with E-state index in [1.165, 1.54) is 0 Å². The Morgan fingerprint density at radius 2 is 2.10 bits per heavy atom. The molecule has 0 saturated heterocycles. The second-order valence-electron chi connectivity index (χ2n) is 4.85. The minimum Gasteiger partial charge on any atom is -0.496 e. The molecule has 1 aromatic rings. The molecule has 4 heteroatoms. The third kappa shape index (κ3) is 3.97. The van der Waals surface area contributed by atoms with E-state index in [0.29, 0.717) is 13.0 Å². The van der Waals surface area contributed by atoms with Crippen molar-refractivity contribution in [2.75, 3.05) is 13.7 Å². The molecule has 0 amide bonds. The lowest BCUT2D eigenvalue weighted by Gasteiger charge is -2.34. The van der Waals surface area contributed by atoms with E-state index >= 15 is 0 Å². The van der Waals surface area contributed by atoms with E-state index in [9.17, 15) is 9.90 Å². The van der Waals surface area contributed by atoms with E-state index in [1.807, 2.05) is 32.0 Å². The van der Waals surface area contributed by atoms with Gasteiger partial charge in [-0.3, -0.25) is 4.79 Å². The van der Waals surface area contributed by atoms with Gasteiger partial charge in [0.2, 0.25) is 0 Å². The van der Waals surface area contributed by atoms with Gasteiger partial charge in [-0.1, -0.05) is 26.0 Å². The van der Waals surface area contributed by atoms with Crippen LogP contribution in [0.15, 0.2) is 18.2 Å². The van der Waals surface area contributed by atoms with Crippen molar-refractivity contribution >= 4 is 5.97 Å². The van der Waals surface area contributed by atoms with Crippen LogP contribution in [0.25, 0.3) is 0 Å². The summed E-state index contributed by atoms with van der Waals surface area (Å²) in [6.07, 6.45) is 2.28. The molecule has 1 atom stereocenters. The van der Waals surface area contributed by atoms with E-state index in [-0.39, 0.29) is 12.4 Å². The summed E-state index contributed by atoms with van der Waals surface area (Å²) in [6.45, 7) is 6.10.